The molecular weight excluding hydrogens is 398 g/mol. The standard InChI is InChI=1S/C19H19N3O2S3/c23-17(9-13-5-8-25-11-13)22-6-1-3-15(22)18(24)20-10-14-12-27-19(21-14)16-4-2-7-26-16/h2,4-5,7-8,11-12,15H,1,3,6,9-10H2,(H,20,24). The maximum Gasteiger partial charge on any atom is 0.243 e. The highest BCUT2D eigenvalue weighted by atomic mass is 32.1. The number of thiophene rings is 2. The van der Waals surface area contributed by atoms with E-state index in [1.165, 1.54) is 0 Å². The molecule has 0 saturated carbocycles. The van der Waals surface area contributed by atoms with Crippen LogP contribution in [0.25, 0.3) is 9.88 Å². The number of carbonyl (C=O) groups is 2. The highest BCUT2D eigenvalue weighted by molar-refractivity contribution is 7.20. The van der Waals surface area contributed by atoms with Gasteiger partial charge in [0.05, 0.1) is 23.5 Å². The summed E-state index contributed by atoms with van der Waals surface area (Å²) in [5.41, 5.74) is 1.87. The third-order valence-corrected chi connectivity index (χ3v) is 7.20. The predicted molar refractivity (Wildman–Crippen MR) is 110 cm³/mol. The second-order valence-electron chi connectivity index (χ2n) is 6.39. The van der Waals surface area contributed by atoms with E-state index in [9.17, 15) is 9.59 Å². The summed E-state index contributed by atoms with van der Waals surface area (Å²) in [5.74, 6) is -0.0588. The summed E-state index contributed by atoms with van der Waals surface area (Å²) in [7, 11) is 0. The van der Waals surface area contributed by atoms with Gasteiger partial charge in [-0.05, 0) is 46.7 Å². The highest BCUT2D eigenvalue weighted by Gasteiger charge is 2.33. The first-order valence-corrected chi connectivity index (χ1v) is 11.5. The van der Waals surface area contributed by atoms with Crippen LogP contribution in [0.1, 0.15) is 24.1 Å². The Labute approximate surface area is 169 Å². The quantitative estimate of drug-likeness (QED) is 0.664. The van der Waals surface area contributed by atoms with Crippen molar-refractivity contribution < 1.29 is 9.59 Å². The third-order valence-electron chi connectivity index (χ3n) is 4.54. The number of thiazole rings is 1. The molecule has 0 radical (unpaired) electrons. The molecule has 0 aromatic carbocycles. The molecule has 0 bridgehead atoms. The Kier molecular flexibility index (Phi) is 5.66. The van der Waals surface area contributed by atoms with Gasteiger partial charge in [-0.15, -0.1) is 22.7 Å². The Morgan fingerprint density at radius 3 is 2.93 bits per heavy atom. The lowest BCUT2D eigenvalue weighted by Gasteiger charge is -2.23. The molecule has 1 atom stereocenters. The summed E-state index contributed by atoms with van der Waals surface area (Å²) in [4.78, 5) is 32.7. The van der Waals surface area contributed by atoms with Gasteiger partial charge in [0.1, 0.15) is 11.0 Å². The molecule has 0 spiro atoms. The molecule has 1 saturated heterocycles. The van der Waals surface area contributed by atoms with Crippen molar-refractivity contribution in [3.05, 3.63) is 51.0 Å². The largest absolute Gasteiger partial charge is 0.349 e. The van der Waals surface area contributed by atoms with E-state index in [4.69, 9.17) is 0 Å². The normalized spacial score (nSPS) is 16.6. The molecule has 1 N–H and O–H groups in total. The van der Waals surface area contributed by atoms with Gasteiger partial charge >= 0.3 is 0 Å². The van der Waals surface area contributed by atoms with Crippen molar-refractivity contribution in [2.75, 3.05) is 6.54 Å². The molecule has 1 aliphatic rings. The summed E-state index contributed by atoms with van der Waals surface area (Å²) < 4.78 is 0. The first-order chi connectivity index (χ1) is 13.2. The number of likely N-dealkylation sites (tertiary alicyclic amines) is 1. The van der Waals surface area contributed by atoms with Gasteiger partial charge in [-0.1, -0.05) is 6.07 Å². The molecular formula is C19H19N3O2S3. The number of rotatable bonds is 6. The van der Waals surface area contributed by atoms with Crippen molar-refractivity contribution in [2.45, 2.75) is 31.8 Å². The van der Waals surface area contributed by atoms with E-state index >= 15 is 0 Å². The van der Waals surface area contributed by atoms with Crippen LogP contribution in [0.2, 0.25) is 0 Å². The Bertz CT molecular complexity index is 903. The number of hydrogen-bond donors (Lipinski definition) is 1. The molecule has 4 rings (SSSR count). The molecule has 8 heteroatoms. The van der Waals surface area contributed by atoms with Crippen molar-refractivity contribution >= 4 is 45.8 Å². The minimum atomic E-state index is -0.369. The van der Waals surface area contributed by atoms with Crippen LogP contribution >= 0.6 is 34.0 Å². The first kappa shape index (κ1) is 18.3. The van der Waals surface area contributed by atoms with E-state index < -0.39 is 0 Å². The molecule has 27 heavy (non-hydrogen) atoms. The molecule has 1 aliphatic heterocycles. The lowest BCUT2D eigenvalue weighted by molar-refractivity contribution is -0.138. The van der Waals surface area contributed by atoms with Crippen LogP contribution in [0.5, 0.6) is 0 Å². The fraction of sp³-hybridized carbons (Fsp3) is 0.316. The van der Waals surface area contributed by atoms with Gasteiger partial charge in [-0.25, -0.2) is 4.98 Å². The predicted octanol–water partition coefficient (Wildman–Crippen LogP) is 3.78. The Morgan fingerprint density at radius 1 is 1.22 bits per heavy atom. The van der Waals surface area contributed by atoms with Crippen LogP contribution < -0.4 is 5.32 Å². The first-order valence-electron chi connectivity index (χ1n) is 8.77. The monoisotopic (exact) mass is 417 g/mol. The summed E-state index contributed by atoms with van der Waals surface area (Å²) >= 11 is 4.82. The van der Waals surface area contributed by atoms with Crippen LogP contribution in [0, 0.1) is 0 Å². The zero-order valence-electron chi connectivity index (χ0n) is 14.6. The Morgan fingerprint density at radius 2 is 2.15 bits per heavy atom. The van der Waals surface area contributed by atoms with Gasteiger partial charge in [0.15, 0.2) is 0 Å². The molecule has 1 unspecified atom stereocenters. The highest BCUT2D eigenvalue weighted by Crippen LogP contribution is 2.27. The van der Waals surface area contributed by atoms with Crippen molar-refractivity contribution in [1.82, 2.24) is 15.2 Å². The maximum atomic E-state index is 12.6. The van der Waals surface area contributed by atoms with Crippen LogP contribution in [0.4, 0.5) is 0 Å². The second-order valence-corrected chi connectivity index (χ2v) is 8.98. The van der Waals surface area contributed by atoms with Gasteiger partial charge in [0.25, 0.3) is 0 Å². The number of aromatic nitrogens is 1. The van der Waals surface area contributed by atoms with Crippen LogP contribution in [-0.4, -0.2) is 34.3 Å². The van der Waals surface area contributed by atoms with Crippen LogP contribution in [0.15, 0.2) is 39.7 Å². The summed E-state index contributed by atoms with van der Waals surface area (Å²) in [5, 5.41) is 11.9. The minimum absolute atomic E-state index is 0.0275. The topological polar surface area (TPSA) is 62.3 Å². The summed E-state index contributed by atoms with van der Waals surface area (Å²) in [6.45, 7) is 1.05. The fourth-order valence-electron chi connectivity index (χ4n) is 3.20. The van der Waals surface area contributed by atoms with E-state index in [0.717, 1.165) is 34.0 Å². The van der Waals surface area contributed by atoms with Crippen molar-refractivity contribution in [3.8, 4) is 9.88 Å². The van der Waals surface area contributed by atoms with Gasteiger partial charge in [-0.3, -0.25) is 9.59 Å². The average molecular weight is 418 g/mol. The van der Waals surface area contributed by atoms with Crippen molar-refractivity contribution in [3.63, 3.8) is 0 Å². The van der Waals surface area contributed by atoms with E-state index in [0.29, 0.717) is 19.5 Å². The second kappa shape index (κ2) is 8.33. The number of hydrogen-bond acceptors (Lipinski definition) is 6. The molecule has 3 aromatic heterocycles. The Hall–Kier alpha value is -2.03. The minimum Gasteiger partial charge on any atom is -0.349 e. The van der Waals surface area contributed by atoms with Gasteiger partial charge in [0, 0.05) is 11.9 Å². The molecule has 2 amide bonds. The Balaban J connectivity index is 1.34. The van der Waals surface area contributed by atoms with Gasteiger partial charge in [0.2, 0.25) is 11.8 Å². The zero-order chi connectivity index (χ0) is 18.6. The summed E-state index contributed by atoms with van der Waals surface area (Å²) in [6, 6.07) is 5.64. The van der Waals surface area contributed by atoms with E-state index in [2.05, 4.69) is 10.3 Å². The molecule has 1 fully saturated rings. The van der Waals surface area contributed by atoms with Crippen molar-refractivity contribution in [1.29, 1.82) is 0 Å². The van der Waals surface area contributed by atoms with Gasteiger partial charge in [-0.2, -0.15) is 11.3 Å². The maximum absolute atomic E-state index is 12.6. The molecule has 3 aromatic rings. The number of carbonyl (C=O) groups excluding carboxylic acids is 2. The zero-order valence-corrected chi connectivity index (χ0v) is 17.0. The smallest absolute Gasteiger partial charge is 0.243 e. The number of nitrogens with zero attached hydrogens (tertiary/aromatic N) is 2. The summed E-state index contributed by atoms with van der Waals surface area (Å²) in [6.07, 6.45) is 1.95. The number of amides is 2. The lowest BCUT2D eigenvalue weighted by Crippen LogP contribution is -2.46. The fourth-order valence-corrected chi connectivity index (χ4v) is 5.51. The lowest BCUT2D eigenvalue weighted by atomic mass is 10.1. The van der Waals surface area contributed by atoms with E-state index in [-0.39, 0.29) is 17.9 Å². The molecule has 0 aliphatic carbocycles. The van der Waals surface area contributed by atoms with E-state index in [1.54, 1.807) is 38.9 Å². The van der Waals surface area contributed by atoms with Gasteiger partial charge < -0.3 is 10.2 Å². The van der Waals surface area contributed by atoms with E-state index in [1.807, 2.05) is 39.7 Å². The average Bonchev–Trinajstić information content (AvgIpc) is 3.47. The molecule has 4 heterocycles. The molecule has 140 valence electrons. The van der Waals surface area contributed by atoms with Crippen LogP contribution in [-0.2, 0) is 22.6 Å². The number of nitrogens with one attached hydrogen (secondary N) is 1. The van der Waals surface area contributed by atoms with Crippen LogP contribution in [0.3, 0.4) is 0 Å². The SMILES string of the molecule is O=C(NCc1csc(-c2cccs2)n1)C1CCCN1C(=O)Cc1ccsc1. The third kappa shape index (κ3) is 4.28. The van der Waals surface area contributed by atoms with Crippen molar-refractivity contribution in [2.24, 2.45) is 0 Å². The molecule has 5 nitrogen and oxygen atoms in total.